The van der Waals surface area contributed by atoms with Gasteiger partial charge in [-0.1, -0.05) is 28.8 Å². The van der Waals surface area contributed by atoms with Crippen LogP contribution in [0.15, 0.2) is 59.8 Å². The van der Waals surface area contributed by atoms with E-state index in [-0.39, 0.29) is 17.2 Å². The van der Waals surface area contributed by atoms with Crippen LogP contribution in [0.25, 0.3) is 0 Å². The van der Waals surface area contributed by atoms with Gasteiger partial charge in [-0.15, -0.1) is 0 Å². The number of hydrogen-bond donors (Lipinski definition) is 1. The van der Waals surface area contributed by atoms with Crippen molar-refractivity contribution in [3.63, 3.8) is 0 Å². The number of ether oxygens (including phenoxy) is 1. The number of esters is 1. The maximum absolute atomic E-state index is 13.5. The monoisotopic (exact) mass is 413 g/mol. The number of allylic oxidation sites excluding steroid dienone is 1. The van der Waals surface area contributed by atoms with E-state index >= 15 is 0 Å². The van der Waals surface area contributed by atoms with Crippen LogP contribution >= 0.6 is 11.6 Å². The average molecular weight is 414 g/mol. The molecule has 0 saturated heterocycles. The molecule has 4 rings (SSSR count). The Morgan fingerprint density at radius 3 is 2.48 bits per heavy atom. The van der Waals surface area contributed by atoms with Crippen LogP contribution in [-0.4, -0.2) is 39.1 Å². The lowest BCUT2D eigenvalue weighted by Gasteiger charge is -2.28. The Hall–Kier alpha value is -3.59. The zero-order valence-corrected chi connectivity index (χ0v) is 15.7. The number of nitrogens with one attached hydrogen (secondary N) is 1. The summed E-state index contributed by atoms with van der Waals surface area (Å²) in [4.78, 5) is 25.9. The Morgan fingerprint density at radius 1 is 1.14 bits per heavy atom. The van der Waals surface area contributed by atoms with Crippen molar-refractivity contribution < 1.29 is 18.7 Å². The van der Waals surface area contributed by atoms with E-state index in [1.807, 2.05) is 0 Å². The fourth-order valence-corrected chi connectivity index (χ4v) is 3.22. The van der Waals surface area contributed by atoms with Crippen molar-refractivity contribution in [2.75, 3.05) is 12.4 Å². The molecule has 0 saturated carbocycles. The zero-order chi connectivity index (χ0) is 20.5. The number of fused-ring (bicyclic) bond motifs is 1. The number of Topliss-reactive ketones (excluding diaryl/α,β-unsaturated/α-hetero) is 1. The number of tetrazole rings is 1. The first-order valence-corrected chi connectivity index (χ1v) is 8.80. The Balaban J connectivity index is 1.94. The molecule has 3 aromatic rings. The van der Waals surface area contributed by atoms with E-state index in [4.69, 9.17) is 16.3 Å². The molecule has 0 fully saturated rings. The molecule has 0 aliphatic carbocycles. The molecule has 0 unspecified atom stereocenters. The van der Waals surface area contributed by atoms with Gasteiger partial charge in [0, 0.05) is 10.6 Å². The molecule has 10 heteroatoms. The second-order valence-corrected chi connectivity index (χ2v) is 6.58. The first-order chi connectivity index (χ1) is 14.0. The summed E-state index contributed by atoms with van der Waals surface area (Å²) in [7, 11) is 1.20. The second kappa shape index (κ2) is 7.44. The summed E-state index contributed by atoms with van der Waals surface area (Å²) < 4.78 is 19.7. The summed E-state index contributed by atoms with van der Waals surface area (Å²) in [5.41, 5.74) is 0.783. The van der Waals surface area contributed by atoms with Crippen molar-refractivity contribution >= 4 is 29.3 Å². The Morgan fingerprint density at radius 2 is 1.83 bits per heavy atom. The summed E-state index contributed by atoms with van der Waals surface area (Å²) in [6.45, 7) is 0. The molecule has 0 bridgehead atoms. The van der Waals surface area contributed by atoms with Gasteiger partial charge in [-0.25, -0.2) is 9.18 Å². The fourth-order valence-electron chi connectivity index (χ4n) is 3.10. The molecule has 1 aromatic heterocycles. The van der Waals surface area contributed by atoms with Crippen molar-refractivity contribution in [1.29, 1.82) is 0 Å². The molecule has 0 radical (unpaired) electrons. The molecule has 1 aliphatic rings. The normalized spacial score (nSPS) is 15.5. The van der Waals surface area contributed by atoms with Crippen LogP contribution in [0, 0.1) is 5.82 Å². The van der Waals surface area contributed by atoms with Gasteiger partial charge in [-0.3, -0.25) is 4.79 Å². The van der Waals surface area contributed by atoms with Crippen LogP contribution in [0.5, 0.6) is 0 Å². The second-order valence-electron chi connectivity index (χ2n) is 6.14. The van der Waals surface area contributed by atoms with Gasteiger partial charge in [0.2, 0.25) is 5.95 Å². The molecule has 2 heterocycles. The smallest absolute Gasteiger partial charge is 0.355 e. The Kier molecular flexibility index (Phi) is 4.81. The largest absolute Gasteiger partial charge is 0.464 e. The van der Waals surface area contributed by atoms with E-state index in [0.717, 1.165) is 0 Å². The third-order valence-corrected chi connectivity index (χ3v) is 4.70. The van der Waals surface area contributed by atoms with Gasteiger partial charge in [-0.05, 0) is 52.4 Å². The van der Waals surface area contributed by atoms with Gasteiger partial charge in [-0.2, -0.15) is 4.68 Å². The lowest BCUT2D eigenvalue weighted by molar-refractivity contribution is -0.136. The molecule has 29 heavy (non-hydrogen) atoms. The lowest BCUT2D eigenvalue weighted by Crippen LogP contribution is -2.32. The molecule has 0 spiro atoms. The van der Waals surface area contributed by atoms with E-state index < -0.39 is 23.6 Å². The van der Waals surface area contributed by atoms with Gasteiger partial charge in [0.15, 0.2) is 5.78 Å². The predicted molar refractivity (Wildman–Crippen MR) is 101 cm³/mol. The molecule has 2 aromatic carbocycles. The molecule has 1 aliphatic heterocycles. The van der Waals surface area contributed by atoms with Crippen LogP contribution in [0.4, 0.5) is 10.3 Å². The van der Waals surface area contributed by atoms with Crippen molar-refractivity contribution in [3.8, 4) is 0 Å². The number of carbonyl (C=O) groups excluding carboxylic acids is 2. The quantitative estimate of drug-likeness (QED) is 0.518. The molecule has 1 N–H and O–H groups in total. The number of methoxy groups -OCH3 is 1. The number of benzene rings is 2. The molecular weight excluding hydrogens is 401 g/mol. The molecule has 0 amide bonds. The third kappa shape index (κ3) is 3.36. The molecule has 1 atom stereocenters. The molecule has 8 nitrogen and oxygen atoms in total. The highest BCUT2D eigenvalue weighted by Crippen LogP contribution is 2.36. The van der Waals surface area contributed by atoms with Crippen LogP contribution < -0.4 is 5.32 Å². The van der Waals surface area contributed by atoms with E-state index in [1.165, 1.54) is 36.1 Å². The summed E-state index contributed by atoms with van der Waals surface area (Å²) >= 11 is 5.92. The fraction of sp³-hybridized carbons (Fsp3) is 0.105. The maximum atomic E-state index is 13.5. The van der Waals surface area contributed by atoms with Gasteiger partial charge < -0.3 is 10.1 Å². The zero-order valence-electron chi connectivity index (χ0n) is 15.0. The predicted octanol–water partition coefficient (Wildman–Crippen LogP) is 2.79. The van der Waals surface area contributed by atoms with Crippen molar-refractivity contribution in [3.05, 3.63) is 81.8 Å². The number of anilines is 1. The summed E-state index contributed by atoms with van der Waals surface area (Å²) in [5.74, 6) is -1.51. The number of ketones is 1. The van der Waals surface area contributed by atoms with Crippen LogP contribution in [0.3, 0.4) is 0 Å². The van der Waals surface area contributed by atoms with Crippen LogP contribution in [0.2, 0.25) is 5.02 Å². The summed E-state index contributed by atoms with van der Waals surface area (Å²) in [6, 6.07) is 10.9. The minimum atomic E-state index is -0.876. The molecular formula is C19H13ClFN5O3. The number of carbonyl (C=O) groups is 2. The summed E-state index contributed by atoms with van der Waals surface area (Å²) in [5, 5.41) is 14.6. The van der Waals surface area contributed by atoms with Gasteiger partial charge in [0.05, 0.1) is 12.7 Å². The number of hydrogen-bond acceptors (Lipinski definition) is 7. The highest BCUT2D eigenvalue weighted by Gasteiger charge is 2.38. The third-order valence-electron chi connectivity index (χ3n) is 4.44. The lowest BCUT2D eigenvalue weighted by atomic mass is 9.89. The number of aromatic nitrogens is 4. The van der Waals surface area contributed by atoms with Crippen LogP contribution in [0.1, 0.15) is 22.0 Å². The number of halogens is 2. The van der Waals surface area contributed by atoms with E-state index in [1.54, 1.807) is 24.3 Å². The van der Waals surface area contributed by atoms with Crippen molar-refractivity contribution in [2.24, 2.45) is 0 Å². The average Bonchev–Trinajstić information content (AvgIpc) is 3.21. The first-order valence-electron chi connectivity index (χ1n) is 8.42. The topological polar surface area (TPSA) is 99.0 Å². The number of rotatable bonds is 4. The van der Waals surface area contributed by atoms with Gasteiger partial charge in [0.25, 0.3) is 0 Å². The van der Waals surface area contributed by atoms with Crippen LogP contribution in [-0.2, 0) is 9.53 Å². The highest BCUT2D eigenvalue weighted by atomic mass is 35.5. The van der Waals surface area contributed by atoms with Crippen molar-refractivity contribution in [1.82, 2.24) is 20.2 Å². The van der Waals surface area contributed by atoms with E-state index in [0.29, 0.717) is 16.1 Å². The van der Waals surface area contributed by atoms with E-state index in [9.17, 15) is 14.0 Å². The van der Waals surface area contributed by atoms with Crippen molar-refractivity contribution in [2.45, 2.75) is 6.04 Å². The standard InChI is InChI=1S/C19H13ClFN5O3/c1-29-18(28)15-14(17(27)11-2-6-12(20)7-3-11)16(10-4-8-13(21)9-5-10)26-19(22-15)23-24-25-26/h2-9,16H,1H3,(H,22,23,25)/t16-/m1/s1. The summed E-state index contributed by atoms with van der Waals surface area (Å²) in [6.07, 6.45) is 0. The van der Waals surface area contributed by atoms with Gasteiger partial charge in [0.1, 0.15) is 17.6 Å². The van der Waals surface area contributed by atoms with E-state index in [2.05, 4.69) is 20.8 Å². The highest BCUT2D eigenvalue weighted by molar-refractivity contribution is 6.30. The first kappa shape index (κ1) is 18.8. The maximum Gasteiger partial charge on any atom is 0.355 e. The minimum absolute atomic E-state index is 0.0607. The SMILES string of the molecule is COC(=O)C1=C(C(=O)c2ccc(Cl)cc2)[C@@H](c2ccc(F)cc2)n2nnnc2N1. The Labute approximate surface area is 168 Å². The molecule has 146 valence electrons. The van der Waals surface area contributed by atoms with Gasteiger partial charge >= 0.3 is 5.97 Å². The number of nitrogens with zero attached hydrogens (tertiary/aromatic N) is 4. The minimum Gasteiger partial charge on any atom is -0.464 e. The Bertz CT molecular complexity index is 1130.